The normalized spacial score (nSPS) is 11.6. The van der Waals surface area contributed by atoms with Gasteiger partial charge in [0.15, 0.2) is 11.6 Å². The summed E-state index contributed by atoms with van der Waals surface area (Å²) in [7, 11) is 0. The van der Waals surface area contributed by atoms with Crippen LogP contribution in [-0.2, 0) is 16.1 Å². The number of hydrogen-bond donors (Lipinski definition) is 1. The number of anilines is 1. The highest BCUT2D eigenvalue weighted by Crippen LogP contribution is 2.22. The minimum atomic E-state index is -1.32. The fourth-order valence-corrected chi connectivity index (χ4v) is 2.02. The van der Waals surface area contributed by atoms with Crippen LogP contribution in [0.15, 0.2) is 48.5 Å². The summed E-state index contributed by atoms with van der Waals surface area (Å²) in [6.45, 7) is 1.17. The maximum absolute atomic E-state index is 13.4. The number of halogens is 2. The Bertz CT molecular complexity index is 737. The number of benzene rings is 2. The highest BCUT2D eigenvalue weighted by molar-refractivity contribution is 5.94. The lowest BCUT2D eigenvalue weighted by Gasteiger charge is -2.26. The van der Waals surface area contributed by atoms with Gasteiger partial charge in [0.1, 0.15) is 12.6 Å². The van der Waals surface area contributed by atoms with Crippen molar-refractivity contribution in [1.29, 1.82) is 0 Å². The third-order valence-electron chi connectivity index (χ3n) is 3.33. The van der Waals surface area contributed by atoms with Gasteiger partial charge in [-0.15, -0.1) is 0 Å². The first kappa shape index (κ1) is 17.4. The average molecular weight is 335 g/mol. The number of ether oxygens (including phenoxy) is 1. The molecule has 24 heavy (non-hydrogen) atoms. The van der Waals surface area contributed by atoms with Gasteiger partial charge in [-0.2, -0.15) is 0 Å². The number of carbonyl (C=O) groups is 2. The molecule has 0 aliphatic carbocycles. The van der Waals surface area contributed by atoms with Gasteiger partial charge in [-0.05, 0) is 24.6 Å². The Morgan fingerprint density at radius 2 is 1.79 bits per heavy atom. The van der Waals surface area contributed by atoms with Crippen LogP contribution in [0.2, 0.25) is 0 Å². The Morgan fingerprint density at radius 1 is 1.12 bits per heavy atom. The number of nitrogens with zero attached hydrogens (tertiary/aromatic N) is 1. The summed E-state index contributed by atoms with van der Waals surface area (Å²) in [6, 6.07) is 10.1. The van der Waals surface area contributed by atoms with Gasteiger partial charge < -0.3 is 9.84 Å². The molecule has 0 bridgehead atoms. The van der Waals surface area contributed by atoms with Crippen LogP contribution in [0, 0.1) is 11.6 Å². The van der Waals surface area contributed by atoms with E-state index in [0.717, 1.165) is 23.1 Å². The zero-order valence-electron chi connectivity index (χ0n) is 12.8. The van der Waals surface area contributed by atoms with E-state index in [1.54, 1.807) is 30.3 Å². The molecule has 1 atom stereocenters. The molecule has 0 spiro atoms. The van der Waals surface area contributed by atoms with Gasteiger partial charge in [0.05, 0.1) is 5.69 Å². The molecule has 5 nitrogen and oxygen atoms in total. The second-order valence-corrected chi connectivity index (χ2v) is 5.02. The van der Waals surface area contributed by atoms with E-state index in [1.807, 2.05) is 0 Å². The van der Waals surface area contributed by atoms with Crippen molar-refractivity contribution >= 4 is 17.7 Å². The maximum atomic E-state index is 13.4. The van der Waals surface area contributed by atoms with Gasteiger partial charge >= 0.3 is 12.1 Å². The molecule has 0 aliphatic rings. The number of aliphatic carboxylic acids is 1. The monoisotopic (exact) mass is 335 g/mol. The van der Waals surface area contributed by atoms with Crippen molar-refractivity contribution in [3.63, 3.8) is 0 Å². The van der Waals surface area contributed by atoms with Crippen molar-refractivity contribution in [1.82, 2.24) is 0 Å². The molecule has 1 N–H and O–H groups in total. The number of hydrogen-bond acceptors (Lipinski definition) is 3. The minimum Gasteiger partial charge on any atom is -0.480 e. The van der Waals surface area contributed by atoms with E-state index in [1.165, 1.54) is 6.92 Å². The lowest BCUT2D eigenvalue weighted by molar-refractivity contribution is -0.138. The molecule has 0 saturated heterocycles. The summed E-state index contributed by atoms with van der Waals surface area (Å²) < 4.78 is 31.6. The van der Waals surface area contributed by atoms with Crippen molar-refractivity contribution in [2.75, 3.05) is 4.90 Å². The topological polar surface area (TPSA) is 66.8 Å². The van der Waals surface area contributed by atoms with Crippen LogP contribution < -0.4 is 4.90 Å². The largest absolute Gasteiger partial charge is 0.480 e. The zero-order valence-corrected chi connectivity index (χ0v) is 12.8. The molecule has 2 rings (SSSR count). The molecule has 2 aromatic rings. The first-order valence-corrected chi connectivity index (χ1v) is 7.08. The number of amides is 1. The van der Waals surface area contributed by atoms with E-state index in [0.29, 0.717) is 5.56 Å². The van der Waals surface area contributed by atoms with Crippen LogP contribution in [0.5, 0.6) is 0 Å². The summed E-state index contributed by atoms with van der Waals surface area (Å²) in [4.78, 5) is 24.3. The number of carboxylic acids is 1. The van der Waals surface area contributed by atoms with Gasteiger partial charge in [-0.1, -0.05) is 30.3 Å². The standard InChI is InChI=1S/C17H15F2NO4/c1-11(16(21)22)20(13-7-8-14(18)15(19)9-13)17(23)24-10-12-5-3-2-4-6-12/h2-9,11H,10H2,1H3,(H,21,22)/t11-/m0/s1. The van der Waals surface area contributed by atoms with Crippen LogP contribution >= 0.6 is 0 Å². The fraction of sp³-hybridized carbons (Fsp3) is 0.176. The van der Waals surface area contributed by atoms with Crippen LogP contribution in [0.1, 0.15) is 12.5 Å². The Hall–Kier alpha value is -2.96. The lowest BCUT2D eigenvalue weighted by atomic mass is 10.2. The molecule has 1 amide bonds. The first-order chi connectivity index (χ1) is 11.4. The molecular formula is C17H15F2NO4. The molecular weight excluding hydrogens is 320 g/mol. The third kappa shape index (κ3) is 4.07. The number of carbonyl (C=O) groups excluding carboxylic acids is 1. The molecule has 0 aliphatic heterocycles. The molecule has 0 unspecified atom stereocenters. The third-order valence-corrected chi connectivity index (χ3v) is 3.33. The number of rotatable bonds is 5. The van der Waals surface area contributed by atoms with Gasteiger partial charge in [0.2, 0.25) is 0 Å². The summed E-state index contributed by atoms with van der Waals surface area (Å²) >= 11 is 0. The lowest BCUT2D eigenvalue weighted by Crippen LogP contribution is -2.43. The highest BCUT2D eigenvalue weighted by Gasteiger charge is 2.29. The van der Waals surface area contributed by atoms with E-state index in [2.05, 4.69) is 0 Å². The van der Waals surface area contributed by atoms with Gasteiger partial charge in [0, 0.05) is 6.07 Å². The highest BCUT2D eigenvalue weighted by atomic mass is 19.2. The Morgan fingerprint density at radius 3 is 2.38 bits per heavy atom. The summed E-state index contributed by atoms with van der Waals surface area (Å²) in [5, 5.41) is 9.15. The molecule has 0 radical (unpaired) electrons. The summed E-state index contributed by atoms with van der Waals surface area (Å²) in [6.07, 6.45) is -0.972. The van der Waals surface area contributed by atoms with Crippen LogP contribution in [0.3, 0.4) is 0 Å². The van der Waals surface area contributed by atoms with Gasteiger partial charge in [0.25, 0.3) is 0 Å². The molecule has 0 aromatic heterocycles. The molecule has 7 heteroatoms. The van der Waals surface area contributed by atoms with Crippen molar-refractivity contribution in [3.05, 3.63) is 65.7 Å². The van der Waals surface area contributed by atoms with E-state index in [9.17, 15) is 18.4 Å². The van der Waals surface area contributed by atoms with E-state index >= 15 is 0 Å². The van der Waals surface area contributed by atoms with Crippen molar-refractivity contribution in [3.8, 4) is 0 Å². The van der Waals surface area contributed by atoms with Crippen molar-refractivity contribution in [2.45, 2.75) is 19.6 Å². The van der Waals surface area contributed by atoms with Crippen LogP contribution in [-0.4, -0.2) is 23.2 Å². The van der Waals surface area contributed by atoms with E-state index < -0.39 is 29.7 Å². The molecule has 0 heterocycles. The molecule has 126 valence electrons. The zero-order chi connectivity index (χ0) is 17.7. The quantitative estimate of drug-likeness (QED) is 0.907. The Balaban J connectivity index is 2.23. The second kappa shape index (κ2) is 7.54. The Labute approximate surface area is 137 Å². The smallest absolute Gasteiger partial charge is 0.415 e. The van der Waals surface area contributed by atoms with Gasteiger partial charge in [-0.3, -0.25) is 4.90 Å². The predicted octanol–water partition coefficient (Wildman–Crippen LogP) is 3.58. The molecule has 0 fully saturated rings. The fourth-order valence-electron chi connectivity index (χ4n) is 2.02. The predicted molar refractivity (Wildman–Crippen MR) is 82.6 cm³/mol. The Kier molecular flexibility index (Phi) is 5.47. The van der Waals surface area contributed by atoms with E-state index in [-0.39, 0.29) is 12.3 Å². The number of carboxylic acid groups (broad SMARTS) is 1. The summed E-state index contributed by atoms with van der Waals surface area (Å²) in [5.41, 5.74) is 0.598. The second-order valence-electron chi connectivity index (χ2n) is 5.02. The SMILES string of the molecule is C[C@@H](C(=O)O)N(C(=O)OCc1ccccc1)c1ccc(F)c(F)c1. The first-order valence-electron chi connectivity index (χ1n) is 7.08. The summed E-state index contributed by atoms with van der Waals surface area (Å²) in [5.74, 6) is -3.60. The van der Waals surface area contributed by atoms with E-state index in [4.69, 9.17) is 9.84 Å². The maximum Gasteiger partial charge on any atom is 0.415 e. The van der Waals surface area contributed by atoms with Crippen molar-refractivity contribution in [2.24, 2.45) is 0 Å². The molecule has 0 saturated carbocycles. The average Bonchev–Trinajstić information content (AvgIpc) is 2.57. The van der Waals surface area contributed by atoms with Crippen LogP contribution in [0.4, 0.5) is 19.3 Å². The molecule has 2 aromatic carbocycles. The van der Waals surface area contributed by atoms with Crippen LogP contribution in [0.25, 0.3) is 0 Å². The van der Waals surface area contributed by atoms with Crippen molar-refractivity contribution < 1.29 is 28.2 Å². The minimum absolute atomic E-state index is 0.0772. The van der Waals surface area contributed by atoms with Gasteiger partial charge in [-0.25, -0.2) is 18.4 Å².